The van der Waals surface area contributed by atoms with Crippen molar-refractivity contribution in [1.29, 1.82) is 0 Å². The smallest absolute Gasteiger partial charge is 0.143 e. The minimum Gasteiger partial charge on any atom is -0.487 e. The molecular weight excluding hydrogens is 246 g/mol. The third-order valence-electron chi connectivity index (χ3n) is 3.06. The molecule has 0 fully saturated rings. The standard InChI is InChI=1S/C15H14ClNO/c1-11-10-17(13-8-6-12(16)7-9-13)14-4-2-3-5-15(14)18-11/h2-9,11H,10H2,1H3. The summed E-state index contributed by atoms with van der Waals surface area (Å²) >= 11 is 5.94. The maximum absolute atomic E-state index is 5.94. The van der Waals surface area contributed by atoms with Crippen LogP contribution in [0.2, 0.25) is 5.02 Å². The van der Waals surface area contributed by atoms with Crippen LogP contribution in [0.15, 0.2) is 48.5 Å². The molecule has 1 aliphatic heterocycles. The molecule has 1 aliphatic rings. The van der Waals surface area contributed by atoms with Crippen LogP contribution in [0, 0.1) is 0 Å². The van der Waals surface area contributed by atoms with Gasteiger partial charge in [-0.1, -0.05) is 23.7 Å². The zero-order chi connectivity index (χ0) is 12.5. The first-order chi connectivity index (χ1) is 8.74. The summed E-state index contributed by atoms with van der Waals surface area (Å²) < 4.78 is 5.84. The molecule has 3 heteroatoms. The molecule has 0 amide bonds. The third-order valence-corrected chi connectivity index (χ3v) is 3.31. The van der Waals surface area contributed by atoms with E-state index in [2.05, 4.69) is 17.9 Å². The topological polar surface area (TPSA) is 12.5 Å². The van der Waals surface area contributed by atoms with Gasteiger partial charge in [-0.2, -0.15) is 0 Å². The fraction of sp³-hybridized carbons (Fsp3) is 0.200. The van der Waals surface area contributed by atoms with Gasteiger partial charge in [0.1, 0.15) is 11.9 Å². The lowest BCUT2D eigenvalue weighted by atomic mass is 10.1. The van der Waals surface area contributed by atoms with Crippen molar-refractivity contribution in [3.05, 3.63) is 53.6 Å². The molecule has 1 unspecified atom stereocenters. The molecule has 0 bridgehead atoms. The summed E-state index contributed by atoms with van der Waals surface area (Å²) in [7, 11) is 0. The molecule has 0 N–H and O–H groups in total. The van der Waals surface area contributed by atoms with Crippen molar-refractivity contribution in [3.8, 4) is 5.75 Å². The van der Waals surface area contributed by atoms with Crippen LogP contribution in [0.5, 0.6) is 5.75 Å². The summed E-state index contributed by atoms with van der Waals surface area (Å²) in [6.45, 7) is 2.93. The van der Waals surface area contributed by atoms with E-state index in [0.717, 1.165) is 28.7 Å². The average Bonchev–Trinajstić information content (AvgIpc) is 2.38. The quantitative estimate of drug-likeness (QED) is 0.759. The van der Waals surface area contributed by atoms with Crippen LogP contribution < -0.4 is 9.64 Å². The number of rotatable bonds is 1. The van der Waals surface area contributed by atoms with Crippen LogP contribution in [0.4, 0.5) is 11.4 Å². The van der Waals surface area contributed by atoms with Gasteiger partial charge in [0.05, 0.1) is 12.2 Å². The van der Waals surface area contributed by atoms with E-state index in [4.69, 9.17) is 16.3 Å². The SMILES string of the molecule is CC1CN(c2ccc(Cl)cc2)c2ccccc2O1. The Morgan fingerprint density at radius 1 is 1.11 bits per heavy atom. The van der Waals surface area contributed by atoms with E-state index in [1.807, 2.05) is 42.5 Å². The summed E-state index contributed by atoms with van der Waals surface area (Å²) in [6.07, 6.45) is 0.176. The van der Waals surface area contributed by atoms with Crippen molar-refractivity contribution in [2.24, 2.45) is 0 Å². The van der Waals surface area contributed by atoms with E-state index in [-0.39, 0.29) is 6.10 Å². The van der Waals surface area contributed by atoms with Crippen LogP contribution in [-0.2, 0) is 0 Å². The highest BCUT2D eigenvalue weighted by Crippen LogP contribution is 2.37. The van der Waals surface area contributed by atoms with Crippen molar-refractivity contribution in [2.75, 3.05) is 11.4 Å². The summed E-state index contributed by atoms with van der Waals surface area (Å²) in [5.74, 6) is 0.936. The number of ether oxygens (including phenoxy) is 1. The second kappa shape index (κ2) is 4.54. The van der Waals surface area contributed by atoms with E-state index < -0.39 is 0 Å². The van der Waals surface area contributed by atoms with Gasteiger partial charge in [0.25, 0.3) is 0 Å². The van der Waals surface area contributed by atoms with Gasteiger partial charge in [-0.3, -0.25) is 0 Å². The third kappa shape index (κ3) is 2.04. The first-order valence-electron chi connectivity index (χ1n) is 6.03. The molecule has 2 aromatic carbocycles. The monoisotopic (exact) mass is 259 g/mol. The van der Waals surface area contributed by atoms with Crippen LogP contribution in [0.3, 0.4) is 0 Å². The van der Waals surface area contributed by atoms with Gasteiger partial charge in [0, 0.05) is 10.7 Å². The molecule has 2 nitrogen and oxygen atoms in total. The molecule has 92 valence electrons. The number of halogens is 1. The summed E-state index contributed by atoms with van der Waals surface area (Å²) in [5.41, 5.74) is 2.25. The van der Waals surface area contributed by atoms with Crippen molar-refractivity contribution >= 4 is 23.0 Å². The van der Waals surface area contributed by atoms with Crippen LogP contribution in [0.1, 0.15) is 6.92 Å². The molecule has 0 spiro atoms. The number of hydrogen-bond donors (Lipinski definition) is 0. The fourth-order valence-corrected chi connectivity index (χ4v) is 2.38. The molecule has 3 rings (SSSR count). The lowest BCUT2D eigenvalue weighted by Gasteiger charge is -2.35. The Balaban J connectivity index is 2.04. The maximum atomic E-state index is 5.94. The van der Waals surface area contributed by atoms with Crippen molar-refractivity contribution in [2.45, 2.75) is 13.0 Å². The van der Waals surface area contributed by atoms with Gasteiger partial charge in [-0.15, -0.1) is 0 Å². The van der Waals surface area contributed by atoms with Crippen LogP contribution in [-0.4, -0.2) is 12.6 Å². The first kappa shape index (κ1) is 11.4. The highest BCUT2D eigenvalue weighted by atomic mass is 35.5. The fourth-order valence-electron chi connectivity index (χ4n) is 2.25. The lowest BCUT2D eigenvalue weighted by molar-refractivity contribution is 0.218. The van der Waals surface area contributed by atoms with Gasteiger partial charge in [-0.25, -0.2) is 0 Å². The molecule has 0 radical (unpaired) electrons. The lowest BCUT2D eigenvalue weighted by Crippen LogP contribution is -2.35. The van der Waals surface area contributed by atoms with Crippen molar-refractivity contribution in [1.82, 2.24) is 0 Å². The predicted molar refractivity (Wildman–Crippen MR) is 75.0 cm³/mol. The minimum absolute atomic E-state index is 0.176. The Bertz CT molecular complexity index is 553. The van der Waals surface area contributed by atoms with E-state index in [1.54, 1.807) is 0 Å². The molecule has 0 saturated carbocycles. The molecule has 0 aromatic heterocycles. The van der Waals surface area contributed by atoms with E-state index in [1.165, 1.54) is 0 Å². The predicted octanol–water partition coefficient (Wildman–Crippen LogP) is 4.26. The Labute approximate surface area is 112 Å². The van der Waals surface area contributed by atoms with Gasteiger partial charge in [0.2, 0.25) is 0 Å². The average molecular weight is 260 g/mol. The summed E-state index contributed by atoms with van der Waals surface area (Å²) in [4.78, 5) is 2.26. The van der Waals surface area contributed by atoms with Gasteiger partial charge in [-0.05, 0) is 43.3 Å². The molecule has 0 saturated heterocycles. The number of para-hydroxylation sites is 2. The molecule has 18 heavy (non-hydrogen) atoms. The minimum atomic E-state index is 0.176. The second-order valence-corrected chi connectivity index (χ2v) is 4.92. The number of nitrogens with zero attached hydrogens (tertiary/aromatic N) is 1. The largest absolute Gasteiger partial charge is 0.487 e. The molecule has 0 aliphatic carbocycles. The van der Waals surface area contributed by atoms with E-state index >= 15 is 0 Å². The van der Waals surface area contributed by atoms with Gasteiger partial charge < -0.3 is 9.64 Å². The zero-order valence-electron chi connectivity index (χ0n) is 10.1. The summed E-state index contributed by atoms with van der Waals surface area (Å²) in [5, 5.41) is 0.758. The first-order valence-corrected chi connectivity index (χ1v) is 6.40. The summed E-state index contributed by atoms with van der Waals surface area (Å²) in [6, 6.07) is 16.0. The van der Waals surface area contributed by atoms with Crippen molar-refractivity contribution in [3.63, 3.8) is 0 Å². The molecule has 2 aromatic rings. The van der Waals surface area contributed by atoms with Crippen molar-refractivity contribution < 1.29 is 4.74 Å². The normalized spacial score (nSPS) is 18.1. The number of benzene rings is 2. The van der Waals surface area contributed by atoms with E-state index in [0.29, 0.717) is 0 Å². The molecule has 1 atom stereocenters. The highest BCUT2D eigenvalue weighted by Gasteiger charge is 2.23. The number of hydrogen-bond acceptors (Lipinski definition) is 2. The Morgan fingerprint density at radius 3 is 2.61 bits per heavy atom. The number of fused-ring (bicyclic) bond motifs is 1. The van der Waals surface area contributed by atoms with Crippen LogP contribution in [0.25, 0.3) is 0 Å². The zero-order valence-corrected chi connectivity index (χ0v) is 10.9. The highest BCUT2D eigenvalue weighted by molar-refractivity contribution is 6.30. The maximum Gasteiger partial charge on any atom is 0.143 e. The Hall–Kier alpha value is -1.67. The molecule has 1 heterocycles. The Morgan fingerprint density at radius 2 is 1.83 bits per heavy atom. The molecular formula is C15H14ClNO. The van der Waals surface area contributed by atoms with E-state index in [9.17, 15) is 0 Å². The van der Waals surface area contributed by atoms with Gasteiger partial charge in [0.15, 0.2) is 0 Å². The van der Waals surface area contributed by atoms with Gasteiger partial charge >= 0.3 is 0 Å². The second-order valence-electron chi connectivity index (χ2n) is 4.48. The van der Waals surface area contributed by atoms with Crippen LogP contribution >= 0.6 is 11.6 Å². The Kier molecular flexibility index (Phi) is 2.88. The number of anilines is 2.